The Morgan fingerprint density at radius 1 is 1.15 bits per heavy atom. The highest BCUT2D eigenvalue weighted by Crippen LogP contribution is 2.22. The summed E-state index contributed by atoms with van der Waals surface area (Å²) in [5.41, 5.74) is 2.94. The predicted molar refractivity (Wildman–Crippen MR) is 106 cm³/mol. The van der Waals surface area contributed by atoms with Crippen LogP contribution in [-0.2, 0) is 0 Å². The van der Waals surface area contributed by atoms with E-state index < -0.39 is 0 Å². The van der Waals surface area contributed by atoms with Gasteiger partial charge in [0.1, 0.15) is 5.82 Å². The highest BCUT2D eigenvalue weighted by Gasteiger charge is 2.14. The summed E-state index contributed by atoms with van der Waals surface area (Å²) < 4.78 is 0. The highest BCUT2D eigenvalue weighted by molar-refractivity contribution is 5.66. The molecule has 1 saturated heterocycles. The van der Waals surface area contributed by atoms with Crippen LogP contribution in [0.25, 0.3) is 6.08 Å². The predicted octanol–water partition coefficient (Wildman–Crippen LogP) is 2.55. The van der Waals surface area contributed by atoms with Crippen LogP contribution in [0.2, 0.25) is 0 Å². The zero-order chi connectivity index (χ0) is 18.4. The summed E-state index contributed by atoms with van der Waals surface area (Å²) in [5.74, 6) is 1.18. The molecule has 7 nitrogen and oxygen atoms in total. The third kappa shape index (κ3) is 4.29. The second kappa shape index (κ2) is 8.32. The van der Waals surface area contributed by atoms with E-state index in [-0.39, 0.29) is 0 Å². The fraction of sp³-hybridized carbons (Fsp3) is 0.316. The Balaban J connectivity index is 1.69. The van der Waals surface area contributed by atoms with Crippen molar-refractivity contribution in [1.82, 2.24) is 14.9 Å². The van der Waals surface area contributed by atoms with Crippen molar-refractivity contribution in [2.75, 3.05) is 55.8 Å². The summed E-state index contributed by atoms with van der Waals surface area (Å²) in [4.78, 5) is 13.5. The van der Waals surface area contributed by atoms with Gasteiger partial charge in [0.25, 0.3) is 0 Å². The number of nitriles is 1. The van der Waals surface area contributed by atoms with Gasteiger partial charge in [-0.05, 0) is 37.4 Å². The zero-order valence-corrected chi connectivity index (χ0v) is 15.1. The largest absolute Gasteiger partial charge is 0.372 e. The third-order valence-corrected chi connectivity index (χ3v) is 4.38. The summed E-state index contributed by atoms with van der Waals surface area (Å²) >= 11 is 0. The maximum Gasteiger partial charge on any atom is 0.229 e. The van der Waals surface area contributed by atoms with Crippen LogP contribution in [0.4, 0.5) is 23.1 Å². The molecule has 0 radical (unpaired) electrons. The molecule has 0 atom stereocenters. The van der Waals surface area contributed by atoms with Crippen LogP contribution < -0.4 is 15.5 Å². The van der Waals surface area contributed by atoms with E-state index in [9.17, 15) is 0 Å². The fourth-order valence-electron chi connectivity index (χ4n) is 2.85. The lowest BCUT2D eigenvalue weighted by Crippen LogP contribution is -2.44. The van der Waals surface area contributed by atoms with E-state index in [4.69, 9.17) is 5.26 Å². The maximum atomic E-state index is 8.65. The van der Waals surface area contributed by atoms with E-state index in [1.807, 2.05) is 18.2 Å². The van der Waals surface area contributed by atoms with Crippen LogP contribution in [0.3, 0.4) is 0 Å². The molecule has 134 valence electrons. The normalized spacial score (nSPS) is 15.0. The number of hydrogen-bond donors (Lipinski definition) is 2. The second-order valence-corrected chi connectivity index (χ2v) is 6.17. The minimum atomic E-state index is 0.510. The van der Waals surface area contributed by atoms with E-state index in [1.165, 1.54) is 11.8 Å². The molecule has 1 aromatic heterocycles. The van der Waals surface area contributed by atoms with Gasteiger partial charge < -0.3 is 20.4 Å². The summed E-state index contributed by atoms with van der Waals surface area (Å²) in [6.45, 7) is 4.28. The lowest BCUT2D eigenvalue weighted by Gasteiger charge is -2.34. The minimum absolute atomic E-state index is 0.510. The van der Waals surface area contributed by atoms with Crippen molar-refractivity contribution < 1.29 is 0 Å². The monoisotopic (exact) mass is 349 g/mol. The first-order valence-corrected chi connectivity index (χ1v) is 8.61. The molecular formula is C19H23N7. The molecule has 2 aromatic rings. The molecule has 26 heavy (non-hydrogen) atoms. The standard InChI is InChI=1S/C19H23N7/c1-21-18-15(4-3-9-20)14-22-19(24-18)23-16-5-7-17(8-6-16)26-12-10-25(2)11-13-26/h3-8,14H,10-13H2,1-2H3,(H2,21,22,23,24). The summed E-state index contributed by atoms with van der Waals surface area (Å²) in [7, 11) is 3.95. The molecule has 7 heteroatoms. The van der Waals surface area contributed by atoms with Crippen molar-refractivity contribution in [2.45, 2.75) is 0 Å². The molecule has 1 fully saturated rings. The van der Waals surface area contributed by atoms with Gasteiger partial charge in [-0.1, -0.05) is 0 Å². The Labute approximate surface area is 154 Å². The SMILES string of the molecule is CNc1nc(Nc2ccc(N3CCN(C)CC3)cc2)ncc1C=CC#N. The smallest absolute Gasteiger partial charge is 0.229 e. The number of likely N-dealkylation sites (N-methyl/N-ethyl adjacent to an activating group) is 1. The van der Waals surface area contributed by atoms with E-state index >= 15 is 0 Å². The van der Waals surface area contributed by atoms with E-state index in [1.54, 1.807) is 19.3 Å². The van der Waals surface area contributed by atoms with Crippen LogP contribution in [0, 0.1) is 11.3 Å². The molecule has 0 unspecified atom stereocenters. The summed E-state index contributed by atoms with van der Waals surface area (Å²) in [6, 6.07) is 10.3. The Morgan fingerprint density at radius 3 is 2.54 bits per heavy atom. The molecule has 0 bridgehead atoms. The second-order valence-electron chi connectivity index (χ2n) is 6.17. The summed E-state index contributed by atoms with van der Waals surface area (Å²) in [6.07, 6.45) is 4.78. The Hall–Kier alpha value is -3.11. The molecule has 1 aliphatic rings. The number of rotatable bonds is 5. The Kier molecular flexibility index (Phi) is 5.66. The van der Waals surface area contributed by atoms with Gasteiger partial charge >= 0.3 is 0 Å². The van der Waals surface area contributed by atoms with Crippen molar-refractivity contribution in [2.24, 2.45) is 0 Å². The van der Waals surface area contributed by atoms with Crippen LogP contribution in [0.15, 0.2) is 36.5 Å². The number of benzene rings is 1. The molecule has 0 saturated carbocycles. The Bertz CT molecular complexity index is 800. The zero-order valence-electron chi connectivity index (χ0n) is 15.1. The van der Waals surface area contributed by atoms with Crippen molar-refractivity contribution in [3.05, 3.63) is 42.1 Å². The van der Waals surface area contributed by atoms with E-state index in [2.05, 4.69) is 49.6 Å². The third-order valence-electron chi connectivity index (χ3n) is 4.38. The number of allylic oxidation sites excluding steroid dienone is 1. The van der Waals surface area contributed by atoms with Gasteiger partial charge in [0, 0.05) is 62.4 Å². The van der Waals surface area contributed by atoms with Gasteiger partial charge in [0.15, 0.2) is 0 Å². The molecular weight excluding hydrogens is 326 g/mol. The van der Waals surface area contributed by atoms with Crippen LogP contribution >= 0.6 is 0 Å². The highest BCUT2D eigenvalue weighted by atomic mass is 15.2. The molecule has 2 N–H and O–H groups in total. The first-order chi connectivity index (χ1) is 12.7. The van der Waals surface area contributed by atoms with Crippen molar-refractivity contribution >= 4 is 29.2 Å². The number of aromatic nitrogens is 2. The van der Waals surface area contributed by atoms with Gasteiger partial charge in [0.2, 0.25) is 5.95 Å². The number of piperazine rings is 1. The average molecular weight is 349 g/mol. The van der Waals surface area contributed by atoms with Crippen molar-refractivity contribution in [3.63, 3.8) is 0 Å². The van der Waals surface area contributed by atoms with Crippen LogP contribution in [-0.4, -0.2) is 55.1 Å². The van der Waals surface area contributed by atoms with Gasteiger partial charge in [-0.2, -0.15) is 10.2 Å². The van der Waals surface area contributed by atoms with Crippen molar-refractivity contribution in [3.8, 4) is 6.07 Å². The average Bonchev–Trinajstić information content (AvgIpc) is 2.68. The number of hydrogen-bond acceptors (Lipinski definition) is 7. The maximum absolute atomic E-state index is 8.65. The Morgan fingerprint density at radius 2 is 1.88 bits per heavy atom. The molecule has 2 heterocycles. The van der Waals surface area contributed by atoms with E-state index in [0.717, 1.165) is 37.4 Å². The van der Waals surface area contributed by atoms with Crippen LogP contribution in [0.1, 0.15) is 5.56 Å². The first kappa shape index (κ1) is 17.7. The lowest BCUT2D eigenvalue weighted by molar-refractivity contribution is 0.313. The minimum Gasteiger partial charge on any atom is -0.372 e. The number of anilines is 4. The van der Waals surface area contributed by atoms with E-state index in [0.29, 0.717) is 11.8 Å². The van der Waals surface area contributed by atoms with Crippen molar-refractivity contribution in [1.29, 1.82) is 5.26 Å². The van der Waals surface area contributed by atoms with Gasteiger partial charge in [-0.3, -0.25) is 0 Å². The van der Waals surface area contributed by atoms with Gasteiger partial charge in [-0.25, -0.2) is 4.98 Å². The van der Waals surface area contributed by atoms with Gasteiger partial charge in [0.05, 0.1) is 6.07 Å². The molecule has 1 aromatic carbocycles. The van der Waals surface area contributed by atoms with Crippen LogP contribution in [0.5, 0.6) is 0 Å². The molecule has 0 amide bonds. The first-order valence-electron chi connectivity index (χ1n) is 8.61. The quantitative estimate of drug-likeness (QED) is 0.803. The molecule has 1 aliphatic heterocycles. The lowest BCUT2D eigenvalue weighted by atomic mass is 10.2. The topological polar surface area (TPSA) is 80.1 Å². The fourth-order valence-corrected chi connectivity index (χ4v) is 2.85. The number of nitrogens with zero attached hydrogens (tertiary/aromatic N) is 5. The molecule has 0 spiro atoms. The molecule has 0 aliphatic carbocycles. The molecule has 3 rings (SSSR count). The summed E-state index contributed by atoms with van der Waals surface area (Å²) in [5, 5.41) is 14.9. The van der Waals surface area contributed by atoms with Gasteiger partial charge in [-0.15, -0.1) is 0 Å². The number of nitrogens with one attached hydrogen (secondary N) is 2.